The monoisotopic (exact) mass is 826 g/mol. The van der Waals surface area contributed by atoms with Gasteiger partial charge in [0.1, 0.15) is 0 Å². The lowest BCUT2D eigenvalue weighted by Gasteiger charge is -2.17. The van der Waals surface area contributed by atoms with Gasteiger partial charge < -0.3 is 4.57 Å². The van der Waals surface area contributed by atoms with Crippen molar-refractivity contribution in [2.75, 3.05) is 0 Å². The minimum Gasteiger partial charge on any atom is -0.309 e. The third kappa shape index (κ3) is 6.18. The normalized spacial score (nSPS) is 11.7. The molecule has 65 heavy (non-hydrogen) atoms. The van der Waals surface area contributed by atoms with Crippen molar-refractivity contribution in [2.45, 2.75) is 0 Å². The van der Waals surface area contributed by atoms with E-state index in [0.29, 0.717) is 17.5 Å². The van der Waals surface area contributed by atoms with Crippen LogP contribution >= 0.6 is 0 Å². The standard InChI is InChI=1S/C61H38N4/c1-3-15-39(16-4-1)43-24-13-25-44(35-43)47-29-31-50-53(36-47)52(61-63-59(42-19-5-2-6-20-42)62-60(64-61)51-28-14-23-40-17-9-11-26-48(40)51)32-34-55(50)65-56-33-30-41-18-10-12-27-49(41)58(56)54-37-45-21-7-8-22-46(45)38-57(54)65/h1-38H. The van der Waals surface area contributed by atoms with E-state index in [2.05, 4.69) is 217 Å². The third-order valence-corrected chi connectivity index (χ3v) is 13.0. The van der Waals surface area contributed by atoms with Crippen LogP contribution in [0.5, 0.6) is 0 Å². The van der Waals surface area contributed by atoms with Crippen LogP contribution in [0.15, 0.2) is 231 Å². The van der Waals surface area contributed by atoms with E-state index < -0.39 is 0 Å². The Balaban J connectivity index is 1.11. The van der Waals surface area contributed by atoms with Crippen molar-refractivity contribution < 1.29 is 0 Å². The average molecular weight is 827 g/mol. The van der Waals surface area contributed by atoms with Gasteiger partial charge in [-0.3, -0.25) is 0 Å². The van der Waals surface area contributed by atoms with Gasteiger partial charge in [0.05, 0.1) is 16.7 Å². The lowest BCUT2D eigenvalue weighted by molar-refractivity contribution is 1.08. The predicted molar refractivity (Wildman–Crippen MR) is 271 cm³/mol. The number of aromatic nitrogens is 4. The minimum atomic E-state index is 0.618. The van der Waals surface area contributed by atoms with E-state index >= 15 is 0 Å². The number of benzene rings is 11. The van der Waals surface area contributed by atoms with Crippen LogP contribution in [0.25, 0.3) is 127 Å². The van der Waals surface area contributed by atoms with Crippen LogP contribution in [0.4, 0.5) is 0 Å². The molecule has 0 saturated carbocycles. The van der Waals surface area contributed by atoms with E-state index in [9.17, 15) is 0 Å². The molecule has 0 atom stereocenters. The molecule has 0 unspecified atom stereocenters. The molecule has 11 aromatic carbocycles. The Morgan fingerprint density at radius 2 is 0.815 bits per heavy atom. The van der Waals surface area contributed by atoms with Crippen molar-refractivity contribution >= 4 is 64.9 Å². The largest absolute Gasteiger partial charge is 0.309 e. The molecule has 0 spiro atoms. The number of hydrogen-bond donors (Lipinski definition) is 0. The van der Waals surface area contributed by atoms with Gasteiger partial charge in [0.25, 0.3) is 0 Å². The van der Waals surface area contributed by atoms with E-state index in [-0.39, 0.29) is 0 Å². The summed E-state index contributed by atoms with van der Waals surface area (Å²) >= 11 is 0. The summed E-state index contributed by atoms with van der Waals surface area (Å²) in [5, 5.41) is 11.7. The number of nitrogens with zero attached hydrogens (tertiary/aromatic N) is 4. The molecule has 302 valence electrons. The first kappa shape index (κ1) is 36.9. The number of rotatable bonds is 6. The molecule has 0 saturated heterocycles. The van der Waals surface area contributed by atoms with E-state index in [4.69, 9.17) is 15.0 Å². The summed E-state index contributed by atoms with van der Waals surface area (Å²) in [6.45, 7) is 0. The second-order valence-corrected chi connectivity index (χ2v) is 16.8. The van der Waals surface area contributed by atoms with Gasteiger partial charge in [-0.1, -0.05) is 188 Å². The topological polar surface area (TPSA) is 43.6 Å². The number of fused-ring (bicyclic) bond motifs is 8. The molecule has 0 bridgehead atoms. The Morgan fingerprint density at radius 3 is 1.58 bits per heavy atom. The summed E-state index contributed by atoms with van der Waals surface area (Å²) in [6.07, 6.45) is 0. The fourth-order valence-electron chi connectivity index (χ4n) is 9.90. The van der Waals surface area contributed by atoms with Crippen LogP contribution < -0.4 is 0 Å². The molecule has 0 radical (unpaired) electrons. The van der Waals surface area contributed by atoms with Crippen molar-refractivity contribution in [2.24, 2.45) is 0 Å². The van der Waals surface area contributed by atoms with Gasteiger partial charge in [0, 0.05) is 32.8 Å². The molecule has 4 nitrogen and oxygen atoms in total. The Hall–Kier alpha value is -8.73. The zero-order chi connectivity index (χ0) is 42.8. The fraction of sp³-hybridized carbons (Fsp3) is 0. The Bertz CT molecular complexity index is 4000. The second-order valence-electron chi connectivity index (χ2n) is 16.8. The molecule has 0 aliphatic heterocycles. The molecule has 13 aromatic rings. The maximum Gasteiger partial charge on any atom is 0.164 e. The molecule has 0 aliphatic carbocycles. The first-order valence-corrected chi connectivity index (χ1v) is 22.1. The van der Waals surface area contributed by atoms with E-state index in [0.717, 1.165) is 66.1 Å². The van der Waals surface area contributed by atoms with Gasteiger partial charge in [-0.05, 0) is 102 Å². The van der Waals surface area contributed by atoms with Crippen molar-refractivity contribution in [3.63, 3.8) is 0 Å². The molecular formula is C61H38N4. The van der Waals surface area contributed by atoms with Crippen LogP contribution in [0.1, 0.15) is 0 Å². The van der Waals surface area contributed by atoms with Gasteiger partial charge in [-0.2, -0.15) is 0 Å². The first-order chi connectivity index (χ1) is 32.2. The molecule has 0 N–H and O–H groups in total. The summed E-state index contributed by atoms with van der Waals surface area (Å²) in [5.74, 6) is 1.88. The van der Waals surface area contributed by atoms with Gasteiger partial charge in [0.15, 0.2) is 17.5 Å². The summed E-state index contributed by atoms with van der Waals surface area (Å²) in [7, 11) is 0. The zero-order valence-corrected chi connectivity index (χ0v) is 35.2. The molecular weight excluding hydrogens is 789 g/mol. The molecule has 0 amide bonds. The maximum atomic E-state index is 5.39. The third-order valence-electron chi connectivity index (χ3n) is 13.0. The molecule has 0 aliphatic rings. The van der Waals surface area contributed by atoms with Crippen LogP contribution in [0.3, 0.4) is 0 Å². The minimum absolute atomic E-state index is 0.618. The summed E-state index contributed by atoms with van der Waals surface area (Å²) in [6, 6.07) is 82.5. The maximum absolute atomic E-state index is 5.39. The molecule has 4 heteroatoms. The quantitative estimate of drug-likeness (QED) is 0.168. The predicted octanol–water partition coefficient (Wildman–Crippen LogP) is 15.9. The highest BCUT2D eigenvalue weighted by Gasteiger charge is 2.21. The van der Waals surface area contributed by atoms with Gasteiger partial charge in [-0.25, -0.2) is 15.0 Å². The lowest BCUT2D eigenvalue weighted by atomic mass is 9.94. The Morgan fingerprint density at radius 1 is 0.262 bits per heavy atom. The van der Waals surface area contributed by atoms with E-state index in [1.165, 1.54) is 43.4 Å². The number of hydrogen-bond acceptors (Lipinski definition) is 3. The molecule has 2 heterocycles. The van der Waals surface area contributed by atoms with Gasteiger partial charge in [-0.15, -0.1) is 0 Å². The van der Waals surface area contributed by atoms with Crippen molar-refractivity contribution in [1.82, 2.24) is 19.5 Å². The lowest BCUT2D eigenvalue weighted by Crippen LogP contribution is -2.02. The van der Waals surface area contributed by atoms with Crippen molar-refractivity contribution in [3.05, 3.63) is 231 Å². The summed E-state index contributed by atoms with van der Waals surface area (Å²) < 4.78 is 2.47. The molecule has 0 fully saturated rings. The summed E-state index contributed by atoms with van der Waals surface area (Å²) in [4.78, 5) is 15.9. The molecule has 13 rings (SSSR count). The van der Waals surface area contributed by atoms with E-state index in [1.807, 2.05) is 18.2 Å². The Labute approximate surface area is 375 Å². The smallest absolute Gasteiger partial charge is 0.164 e. The SMILES string of the molecule is c1ccc(-c2cccc(-c3ccc4c(-n5c6cc7ccccc7cc6c6c7ccccc7ccc65)ccc(-c5nc(-c6ccccc6)nc(-c6cccc7ccccc67)n5)c4c3)c2)cc1. The molecule has 2 aromatic heterocycles. The summed E-state index contributed by atoms with van der Waals surface area (Å²) in [5.41, 5.74) is 10.8. The Kier molecular flexibility index (Phi) is 8.50. The fourth-order valence-corrected chi connectivity index (χ4v) is 9.90. The first-order valence-electron chi connectivity index (χ1n) is 22.1. The highest BCUT2D eigenvalue weighted by molar-refractivity contribution is 6.24. The van der Waals surface area contributed by atoms with Crippen LogP contribution in [0, 0.1) is 0 Å². The zero-order valence-electron chi connectivity index (χ0n) is 35.2. The highest BCUT2D eigenvalue weighted by Crippen LogP contribution is 2.43. The van der Waals surface area contributed by atoms with Crippen molar-refractivity contribution in [3.8, 4) is 62.1 Å². The van der Waals surface area contributed by atoms with Crippen LogP contribution in [-0.4, -0.2) is 19.5 Å². The van der Waals surface area contributed by atoms with E-state index in [1.54, 1.807) is 0 Å². The van der Waals surface area contributed by atoms with Crippen LogP contribution in [-0.2, 0) is 0 Å². The van der Waals surface area contributed by atoms with Gasteiger partial charge in [0.2, 0.25) is 0 Å². The highest BCUT2D eigenvalue weighted by atomic mass is 15.0. The average Bonchev–Trinajstić information content (AvgIpc) is 3.70. The van der Waals surface area contributed by atoms with Crippen molar-refractivity contribution in [1.29, 1.82) is 0 Å². The second kappa shape index (κ2) is 15.0. The van der Waals surface area contributed by atoms with Gasteiger partial charge >= 0.3 is 0 Å². The van der Waals surface area contributed by atoms with Crippen LogP contribution in [0.2, 0.25) is 0 Å².